The van der Waals surface area contributed by atoms with E-state index in [1.807, 2.05) is 62.4 Å². The van der Waals surface area contributed by atoms with Gasteiger partial charge in [-0.3, -0.25) is 13.9 Å². The van der Waals surface area contributed by atoms with Gasteiger partial charge in [-0.1, -0.05) is 36.4 Å². The maximum absolute atomic E-state index is 12.8. The molecule has 1 aromatic heterocycles. The van der Waals surface area contributed by atoms with Gasteiger partial charge >= 0.3 is 11.7 Å². The van der Waals surface area contributed by atoms with Crippen LogP contribution >= 0.6 is 0 Å². The second kappa shape index (κ2) is 10.1. The smallest absolute Gasteiger partial charge is 0.326 e. The maximum atomic E-state index is 12.8. The molecule has 174 valence electrons. The van der Waals surface area contributed by atoms with Gasteiger partial charge in [0.05, 0.1) is 11.0 Å². The summed E-state index contributed by atoms with van der Waals surface area (Å²) in [6.45, 7) is 4.64. The Labute approximate surface area is 197 Å². The van der Waals surface area contributed by atoms with Crippen LogP contribution < -0.4 is 21.6 Å². The van der Waals surface area contributed by atoms with Gasteiger partial charge in [-0.05, 0) is 55.8 Å². The lowest BCUT2D eigenvalue weighted by molar-refractivity contribution is -0.116. The Morgan fingerprint density at radius 2 is 1.44 bits per heavy atom. The Morgan fingerprint density at radius 1 is 0.794 bits per heavy atom. The fourth-order valence-electron chi connectivity index (χ4n) is 3.87. The highest BCUT2D eigenvalue weighted by atomic mass is 16.2. The van der Waals surface area contributed by atoms with Crippen LogP contribution in [0.2, 0.25) is 0 Å². The minimum atomic E-state index is -0.376. The van der Waals surface area contributed by atoms with Gasteiger partial charge in [0.2, 0.25) is 5.91 Å². The van der Waals surface area contributed by atoms with E-state index in [4.69, 9.17) is 0 Å². The standard InChI is InChI=1S/C26H27N5O3/c1-3-30-22-11-7-8-12-23(22)31(26(30)34)16-15-24(32)29-21-17-20(14-13-18(21)2)28-25(33)27-19-9-5-4-6-10-19/h4-14,17H,3,15-16H2,1-2H3,(H,29,32)(H2,27,28,33). The van der Waals surface area contributed by atoms with Gasteiger partial charge in [0.15, 0.2) is 0 Å². The predicted octanol–water partition coefficient (Wildman–Crippen LogP) is 4.80. The summed E-state index contributed by atoms with van der Waals surface area (Å²) in [6.07, 6.45) is 0.142. The van der Waals surface area contributed by atoms with E-state index in [2.05, 4.69) is 16.0 Å². The zero-order chi connectivity index (χ0) is 24.1. The van der Waals surface area contributed by atoms with E-state index in [9.17, 15) is 14.4 Å². The lowest BCUT2D eigenvalue weighted by atomic mass is 10.1. The molecular formula is C26H27N5O3. The number of amides is 3. The van der Waals surface area contributed by atoms with E-state index >= 15 is 0 Å². The number of imidazole rings is 1. The summed E-state index contributed by atoms with van der Waals surface area (Å²) >= 11 is 0. The molecule has 0 saturated carbocycles. The van der Waals surface area contributed by atoms with Crippen LogP contribution in [0.1, 0.15) is 18.9 Å². The van der Waals surface area contributed by atoms with E-state index in [1.54, 1.807) is 33.4 Å². The minimum Gasteiger partial charge on any atom is -0.326 e. The molecule has 0 aliphatic rings. The van der Waals surface area contributed by atoms with Crippen LogP contribution in [-0.2, 0) is 17.9 Å². The normalized spacial score (nSPS) is 10.8. The zero-order valence-corrected chi connectivity index (χ0v) is 19.2. The largest absolute Gasteiger partial charge is 0.329 e. The second-order valence-electron chi connectivity index (χ2n) is 7.94. The number of hydrogen-bond donors (Lipinski definition) is 3. The van der Waals surface area contributed by atoms with Crippen LogP contribution in [0.25, 0.3) is 11.0 Å². The first-order valence-electron chi connectivity index (χ1n) is 11.2. The van der Waals surface area contributed by atoms with Gasteiger partial charge in [0, 0.05) is 36.6 Å². The highest BCUT2D eigenvalue weighted by molar-refractivity contribution is 6.00. The first-order chi connectivity index (χ1) is 16.5. The number of hydrogen-bond acceptors (Lipinski definition) is 3. The number of urea groups is 1. The number of benzene rings is 3. The Morgan fingerprint density at radius 3 is 2.15 bits per heavy atom. The topological polar surface area (TPSA) is 97.2 Å². The van der Waals surface area contributed by atoms with Crippen LogP contribution in [-0.4, -0.2) is 21.1 Å². The minimum absolute atomic E-state index is 0.122. The van der Waals surface area contributed by atoms with Crippen molar-refractivity contribution in [3.8, 4) is 0 Å². The first-order valence-corrected chi connectivity index (χ1v) is 11.2. The first kappa shape index (κ1) is 22.8. The average Bonchev–Trinajstić information content (AvgIpc) is 3.10. The van der Waals surface area contributed by atoms with Crippen LogP contribution in [0, 0.1) is 6.92 Å². The summed E-state index contributed by atoms with van der Waals surface area (Å²) < 4.78 is 3.34. The SMILES string of the molecule is CCn1c(=O)n(CCC(=O)Nc2cc(NC(=O)Nc3ccccc3)ccc2C)c2ccccc21. The third-order valence-electron chi connectivity index (χ3n) is 5.61. The molecule has 1 heterocycles. The molecule has 0 fully saturated rings. The van der Waals surface area contributed by atoms with Crippen molar-refractivity contribution in [2.75, 3.05) is 16.0 Å². The summed E-state index contributed by atoms with van der Waals surface area (Å²) in [6, 6.07) is 21.7. The van der Waals surface area contributed by atoms with Crippen molar-refractivity contribution in [1.29, 1.82) is 0 Å². The molecule has 0 saturated heterocycles. The number of nitrogens with zero attached hydrogens (tertiary/aromatic N) is 2. The summed E-state index contributed by atoms with van der Waals surface area (Å²) in [5.74, 6) is -0.214. The molecule has 0 spiro atoms. The lowest BCUT2D eigenvalue weighted by Gasteiger charge is -2.12. The number of aromatic nitrogens is 2. The Balaban J connectivity index is 1.42. The van der Waals surface area contributed by atoms with Crippen molar-refractivity contribution in [3.05, 3.63) is 88.8 Å². The molecule has 0 aliphatic carbocycles. The van der Waals surface area contributed by atoms with Gasteiger partial charge in [0.25, 0.3) is 0 Å². The van der Waals surface area contributed by atoms with E-state index in [0.717, 1.165) is 16.6 Å². The van der Waals surface area contributed by atoms with Crippen molar-refractivity contribution in [2.45, 2.75) is 33.4 Å². The number of carbonyl (C=O) groups excluding carboxylic acids is 2. The molecule has 4 aromatic rings. The molecule has 3 N–H and O–H groups in total. The number of nitrogens with one attached hydrogen (secondary N) is 3. The van der Waals surface area contributed by atoms with Gasteiger partial charge in [0.1, 0.15) is 0 Å². The van der Waals surface area contributed by atoms with E-state index in [-0.39, 0.29) is 30.6 Å². The predicted molar refractivity (Wildman–Crippen MR) is 135 cm³/mol. The van der Waals surface area contributed by atoms with E-state index in [1.165, 1.54) is 0 Å². The van der Waals surface area contributed by atoms with Crippen molar-refractivity contribution < 1.29 is 9.59 Å². The van der Waals surface area contributed by atoms with Gasteiger partial charge in [-0.15, -0.1) is 0 Å². The average molecular weight is 458 g/mol. The second-order valence-corrected chi connectivity index (χ2v) is 7.94. The van der Waals surface area contributed by atoms with Crippen LogP contribution in [0.5, 0.6) is 0 Å². The summed E-state index contributed by atoms with van der Waals surface area (Å²) in [5, 5.41) is 8.43. The molecule has 0 unspecified atom stereocenters. The molecule has 8 nitrogen and oxygen atoms in total. The number of aryl methyl sites for hydroxylation is 3. The fourth-order valence-corrected chi connectivity index (χ4v) is 3.87. The molecule has 0 bridgehead atoms. The van der Waals surface area contributed by atoms with Crippen LogP contribution in [0.4, 0.5) is 21.9 Å². The monoisotopic (exact) mass is 457 g/mol. The summed E-state index contributed by atoms with van der Waals surface area (Å²) in [4.78, 5) is 37.8. The lowest BCUT2D eigenvalue weighted by Crippen LogP contribution is -2.25. The third-order valence-corrected chi connectivity index (χ3v) is 5.61. The highest BCUT2D eigenvalue weighted by Crippen LogP contribution is 2.21. The Hall–Kier alpha value is -4.33. The molecule has 4 rings (SSSR count). The van der Waals surface area contributed by atoms with Gasteiger partial charge < -0.3 is 16.0 Å². The molecule has 8 heteroatoms. The molecule has 3 aromatic carbocycles. The third kappa shape index (κ3) is 5.01. The maximum Gasteiger partial charge on any atom is 0.329 e. The summed E-state index contributed by atoms with van der Waals surface area (Å²) in [5.41, 5.74) is 4.25. The number of rotatable bonds is 7. The number of para-hydroxylation sites is 3. The summed E-state index contributed by atoms with van der Waals surface area (Å²) in [7, 11) is 0. The molecular weight excluding hydrogens is 430 g/mol. The number of anilines is 3. The van der Waals surface area contributed by atoms with Crippen molar-refractivity contribution >= 4 is 40.0 Å². The number of fused-ring (bicyclic) bond motifs is 1. The van der Waals surface area contributed by atoms with Crippen molar-refractivity contribution in [2.24, 2.45) is 0 Å². The molecule has 0 aliphatic heterocycles. The van der Waals surface area contributed by atoms with Crippen LogP contribution in [0.3, 0.4) is 0 Å². The molecule has 0 atom stereocenters. The number of carbonyl (C=O) groups is 2. The molecule has 3 amide bonds. The van der Waals surface area contributed by atoms with Crippen molar-refractivity contribution in [3.63, 3.8) is 0 Å². The van der Waals surface area contributed by atoms with Crippen molar-refractivity contribution in [1.82, 2.24) is 9.13 Å². The molecule has 34 heavy (non-hydrogen) atoms. The quantitative estimate of drug-likeness (QED) is 0.372. The zero-order valence-electron chi connectivity index (χ0n) is 19.2. The van der Waals surface area contributed by atoms with Gasteiger partial charge in [-0.2, -0.15) is 0 Å². The van der Waals surface area contributed by atoms with E-state index < -0.39 is 0 Å². The Kier molecular flexibility index (Phi) is 6.77. The highest BCUT2D eigenvalue weighted by Gasteiger charge is 2.14. The Bertz CT molecular complexity index is 1390. The fraction of sp³-hybridized carbons (Fsp3) is 0.192. The van der Waals surface area contributed by atoms with Crippen LogP contribution in [0.15, 0.2) is 77.6 Å². The van der Waals surface area contributed by atoms with E-state index in [0.29, 0.717) is 23.6 Å². The molecule has 0 radical (unpaired) electrons. The van der Waals surface area contributed by atoms with Gasteiger partial charge in [-0.25, -0.2) is 9.59 Å².